The van der Waals surface area contributed by atoms with Gasteiger partial charge in [-0.1, -0.05) is 6.07 Å². The molecule has 17 heavy (non-hydrogen) atoms. The molecule has 2 N–H and O–H groups in total. The minimum absolute atomic E-state index is 0.0156. The fraction of sp³-hybridized carbons (Fsp3) is 0.462. The van der Waals surface area contributed by atoms with Crippen molar-refractivity contribution in [3.05, 3.63) is 24.3 Å². The van der Waals surface area contributed by atoms with Crippen molar-refractivity contribution in [3.63, 3.8) is 0 Å². The average molecular weight is 252 g/mol. The van der Waals surface area contributed by atoms with Gasteiger partial charge in [0, 0.05) is 16.1 Å². The Labute approximate surface area is 107 Å². The Morgan fingerprint density at radius 1 is 1.35 bits per heavy atom. The highest BCUT2D eigenvalue weighted by Gasteiger charge is 2.11. The number of thioether (sulfide) groups is 1. The molecule has 0 fully saturated rings. The SMILES string of the molecule is CSc1cccc(NC(=O)CNC(C)(C)C)c1. The third kappa shape index (κ3) is 5.75. The second kappa shape index (κ2) is 6.07. The molecule has 1 aromatic carbocycles. The zero-order chi connectivity index (χ0) is 12.9. The van der Waals surface area contributed by atoms with Gasteiger partial charge in [-0.05, 0) is 45.2 Å². The molecule has 0 aromatic heterocycles. The normalized spacial score (nSPS) is 11.3. The van der Waals surface area contributed by atoms with Crippen LogP contribution in [0, 0.1) is 0 Å². The topological polar surface area (TPSA) is 41.1 Å². The molecule has 94 valence electrons. The molecule has 0 aliphatic heterocycles. The molecule has 0 heterocycles. The van der Waals surface area contributed by atoms with E-state index < -0.39 is 0 Å². The van der Waals surface area contributed by atoms with Gasteiger partial charge in [0.1, 0.15) is 0 Å². The predicted octanol–water partition coefficient (Wildman–Crippen LogP) is 2.74. The third-order valence-corrected chi connectivity index (χ3v) is 2.86. The fourth-order valence-electron chi connectivity index (χ4n) is 1.25. The molecule has 4 heteroatoms. The van der Waals surface area contributed by atoms with Gasteiger partial charge in [0.15, 0.2) is 0 Å². The summed E-state index contributed by atoms with van der Waals surface area (Å²) in [6.07, 6.45) is 2.02. The van der Waals surface area contributed by atoms with E-state index in [0.29, 0.717) is 6.54 Å². The molecule has 0 bridgehead atoms. The highest BCUT2D eigenvalue weighted by atomic mass is 32.2. The minimum atomic E-state index is -0.0432. The van der Waals surface area contributed by atoms with Crippen LogP contribution in [0.3, 0.4) is 0 Å². The van der Waals surface area contributed by atoms with E-state index in [-0.39, 0.29) is 11.4 Å². The van der Waals surface area contributed by atoms with Crippen LogP contribution in [0.5, 0.6) is 0 Å². The van der Waals surface area contributed by atoms with Gasteiger partial charge in [0.2, 0.25) is 5.91 Å². The minimum Gasteiger partial charge on any atom is -0.325 e. The first-order chi connectivity index (χ1) is 7.90. The Kier molecular flexibility index (Phi) is 5.02. The Bertz CT molecular complexity index is 385. The van der Waals surface area contributed by atoms with Crippen molar-refractivity contribution in [2.24, 2.45) is 0 Å². The van der Waals surface area contributed by atoms with E-state index in [1.165, 1.54) is 0 Å². The van der Waals surface area contributed by atoms with Crippen molar-refractivity contribution in [2.75, 3.05) is 18.1 Å². The summed E-state index contributed by atoms with van der Waals surface area (Å²) in [5.41, 5.74) is 0.802. The van der Waals surface area contributed by atoms with Crippen molar-refractivity contribution in [3.8, 4) is 0 Å². The van der Waals surface area contributed by atoms with Crippen LogP contribution in [-0.2, 0) is 4.79 Å². The first-order valence-electron chi connectivity index (χ1n) is 5.59. The molecule has 0 saturated carbocycles. The standard InChI is InChI=1S/C13H20N2OS/c1-13(2,3)14-9-12(16)15-10-6-5-7-11(8-10)17-4/h5-8,14H,9H2,1-4H3,(H,15,16). The number of nitrogens with one attached hydrogen (secondary N) is 2. The van der Waals surface area contributed by atoms with Gasteiger partial charge < -0.3 is 10.6 Å². The summed E-state index contributed by atoms with van der Waals surface area (Å²) in [5, 5.41) is 6.03. The summed E-state index contributed by atoms with van der Waals surface area (Å²) in [6.45, 7) is 6.44. The molecule has 0 aliphatic carbocycles. The summed E-state index contributed by atoms with van der Waals surface area (Å²) in [7, 11) is 0. The van der Waals surface area contributed by atoms with Gasteiger partial charge in [0.25, 0.3) is 0 Å². The van der Waals surface area contributed by atoms with E-state index in [4.69, 9.17) is 0 Å². The summed E-state index contributed by atoms with van der Waals surface area (Å²) in [4.78, 5) is 12.8. The van der Waals surface area contributed by atoms with Crippen molar-refractivity contribution in [1.82, 2.24) is 5.32 Å². The van der Waals surface area contributed by atoms with E-state index in [1.54, 1.807) is 11.8 Å². The third-order valence-electron chi connectivity index (χ3n) is 2.13. The first kappa shape index (κ1) is 14.1. The first-order valence-corrected chi connectivity index (χ1v) is 6.82. The molecule has 0 atom stereocenters. The lowest BCUT2D eigenvalue weighted by atomic mass is 10.1. The van der Waals surface area contributed by atoms with Crippen LogP contribution in [0.25, 0.3) is 0 Å². The average Bonchev–Trinajstić information content (AvgIpc) is 2.26. The van der Waals surface area contributed by atoms with Crippen LogP contribution in [-0.4, -0.2) is 24.2 Å². The maximum absolute atomic E-state index is 11.7. The van der Waals surface area contributed by atoms with Crippen LogP contribution >= 0.6 is 11.8 Å². The summed E-state index contributed by atoms with van der Waals surface area (Å²) in [5.74, 6) is -0.0156. The zero-order valence-corrected chi connectivity index (χ0v) is 11.6. The van der Waals surface area contributed by atoms with Crippen LogP contribution in [0.1, 0.15) is 20.8 Å². The number of rotatable bonds is 4. The molecule has 1 amide bonds. The van der Waals surface area contributed by atoms with E-state index >= 15 is 0 Å². The number of anilines is 1. The van der Waals surface area contributed by atoms with Crippen molar-refractivity contribution in [1.29, 1.82) is 0 Å². The number of hydrogen-bond acceptors (Lipinski definition) is 3. The van der Waals surface area contributed by atoms with Gasteiger partial charge in [-0.25, -0.2) is 0 Å². The Morgan fingerprint density at radius 3 is 2.65 bits per heavy atom. The highest BCUT2D eigenvalue weighted by molar-refractivity contribution is 7.98. The molecule has 0 unspecified atom stereocenters. The number of amides is 1. The van der Waals surface area contributed by atoms with Gasteiger partial charge in [-0.15, -0.1) is 11.8 Å². The molecule has 0 radical (unpaired) electrons. The monoisotopic (exact) mass is 252 g/mol. The predicted molar refractivity (Wildman–Crippen MR) is 74.6 cm³/mol. The number of hydrogen-bond donors (Lipinski definition) is 2. The molecule has 3 nitrogen and oxygen atoms in total. The van der Waals surface area contributed by atoms with Crippen LogP contribution in [0.15, 0.2) is 29.2 Å². The zero-order valence-electron chi connectivity index (χ0n) is 10.8. The van der Waals surface area contributed by atoms with Gasteiger partial charge in [-0.3, -0.25) is 4.79 Å². The smallest absolute Gasteiger partial charge is 0.238 e. The fourth-order valence-corrected chi connectivity index (χ4v) is 1.71. The highest BCUT2D eigenvalue weighted by Crippen LogP contribution is 2.18. The van der Waals surface area contributed by atoms with E-state index in [9.17, 15) is 4.79 Å². The summed E-state index contributed by atoms with van der Waals surface area (Å²) < 4.78 is 0. The van der Waals surface area contributed by atoms with Crippen molar-refractivity contribution in [2.45, 2.75) is 31.2 Å². The second-order valence-corrected chi connectivity index (χ2v) is 5.76. The molecule has 1 rings (SSSR count). The van der Waals surface area contributed by atoms with Crippen molar-refractivity contribution < 1.29 is 4.79 Å². The quantitative estimate of drug-likeness (QED) is 0.810. The number of benzene rings is 1. The van der Waals surface area contributed by atoms with Crippen LogP contribution in [0.4, 0.5) is 5.69 Å². The largest absolute Gasteiger partial charge is 0.325 e. The lowest BCUT2D eigenvalue weighted by Crippen LogP contribution is -2.41. The molecular weight excluding hydrogens is 232 g/mol. The van der Waals surface area contributed by atoms with Gasteiger partial charge in [-0.2, -0.15) is 0 Å². The molecule has 0 saturated heterocycles. The van der Waals surface area contributed by atoms with E-state index in [1.807, 2.05) is 51.3 Å². The van der Waals surface area contributed by atoms with Gasteiger partial charge >= 0.3 is 0 Å². The maximum Gasteiger partial charge on any atom is 0.238 e. The van der Waals surface area contributed by atoms with Crippen molar-refractivity contribution >= 4 is 23.4 Å². The lowest BCUT2D eigenvalue weighted by molar-refractivity contribution is -0.115. The Balaban J connectivity index is 2.50. The summed E-state index contributed by atoms with van der Waals surface area (Å²) >= 11 is 1.66. The summed E-state index contributed by atoms with van der Waals surface area (Å²) in [6, 6.07) is 7.83. The molecule has 0 aliphatic rings. The van der Waals surface area contributed by atoms with E-state index in [2.05, 4.69) is 10.6 Å². The van der Waals surface area contributed by atoms with Crippen LogP contribution < -0.4 is 10.6 Å². The second-order valence-electron chi connectivity index (χ2n) is 4.88. The van der Waals surface area contributed by atoms with E-state index in [0.717, 1.165) is 10.6 Å². The Hall–Kier alpha value is -1.00. The number of carbonyl (C=O) groups is 1. The van der Waals surface area contributed by atoms with Gasteiger partial charge in [0.05, 0.1) is 6.54 Å². The van der Waals surface area contributed by atoms with Crippen LogP contribution in [0.2, 0.25) is 0 Å². The maximum atomic E-state index is 11.7. The molecule has 0 spiro atoms. The molecule has 1 aromatic rings. The Morgan fingerprint density at radius 2 is 2.06 bits per heavy atom. The lowest BCUT2D eigenvalue weighted by Gasteiger charge is -2.20. The molecular formula is C13H20N2OS. The number of carbonyl (C=O) groups excluding carboxylic acids is 1.